The van der Waals surface area contributed by atoms with E-state index in [1.54, 1.807) is 30.3 Å². The average molecular weight is 331 g/mol. The van der Waals surface area contributed by atoms with E-state index in [0.717, 1.165) is 5.56 Å². The molecule has 2 aromatic carbocycles. The Labute approximate surface area is 133 Å². The molecule has 0 amide bonds. The van der Waals surface area contributed by atoms with Gasteiger partial charge in [0, 0.05) is 23.0 Å². The molecule has 0 aliphatic heterocycles. The van der Waals surface area contributed by atoms with Gasteiger partial charge in [-0.15, -0.1) is 0 Å². The Hall–Kier alpha value is -0.770. The van der Waals surface area contributed by atoms with Gasteiger partial charge in [-0.3, -0.25) is 0 Å². The molecular weight excluding hydrogens is 317 g/mol. The highest BCUT2D eigenvalue weighted by Crippen LogP contribution is 2.37. The highest BCUT2D eigenvalue weighted by Gasteiger charge is 2.24. The lowest BCUT2D eigenvalue weighted by molar-refractivity contribution is 0.147. The summed E-state index contributed by atoms with van der Waals surface area (Å²) in [4.78, 5) is 0. The van der Waals surface area contributed by atoms with Crippen LogP contribution in [-0.2, 0) is 0 Å². The predicted molar refractivity (Wildman–Crippen MR) is 84.7 cm³/mol. The van der Waals surface area contributed by atoms with E-state index >= 15 is 0 Å². The summed E-state index contributed by atoms with van der Waals surface area (Å²) < 4.78 is 0. The molecule has 0 bridgehead atoms. The molecule has 106 valence electrons. The Kier molecular flexibility index (Phi) is 5.30. The van der Waals surface area contributed by atoms with Crippen molar-refractivity contribution in [1.29, 1.82) is 0 Å². The van der Waals surface area contributed by atoms with E-state index < -0.39 is 6.10 Å². The Balaban J connectivity index is 2.36. The summed E-state index contributed by atoms with van der Waals surface area (Å²) in [7, 11) is 0. The van der Waals surface area contributed by atoms with Gasteiger partial charge >= 0.3 is 0 Å². The van der Waals surface area contributed by atoms with Crippen molar-refractivity contribution in [2.24, 2.45) is 5.73 Å². The number of aliphatic hydroxyl groups excluding tert-OH is 1. The van der Waals surface area contributed by atoms with Crippen molar-refractivity contribution in [2.75, 3.05) is 6.54 Å². The van der Waals surface area contributed by atoms with Crippen molar-refractivity contribution in [3.63, 3.8) is 0 Å². The summed E-state index contributed by atoms with van der Waals surface area (Å²) in [6.07, 6.45) is -0.827. The van der Waals surface area contributed by atoms with Crippen LogP contribution in [0.25, 0.3) is 0 Å². The van der Waals surface area contributed by atoms with Gasteiger partial charge in [0.05, 0.1) is 16.1 Å². The van der Waals surface area contributed by atoms with Gasteiger partial charge in [0.15, 0.2) is 0 Å². The third-order valence-electron chi connectivity index (χ3n) is 3.23. The minimum Gasteiger partial charge on any atom is -0.388 e. The highest BCUT2D eigenvalue weighted by atomic mass is 35.5. The van der Waals surface area contributed by atoms with Crippen LogP contribution in [-0.4, -0.2) is 11.7 Å². The van der Waals surface area contributed by atoms with E-state index in [4.69, 9.17) is 40.5 Å². The van der Waals surface area contributed by atoms with Crippen molar-refractivity contribution in [2.45, 2.75) is 12.0 Å². The molecule has 2 unspecified atom stereocenters. The van der Waals surface area contributed by atoms with E-state index in [2.05, 4.69) is 0 Å². The first kappa shape index (κ1) is 15.6. The molecule has 2 atom stereocenters. The molecule has 0 fully saturated rings. The molecule has 0 heterocycles. The minimum absolute atomic E-state index is 0.275. The zero-order valence-electron chi connectivity index (χ0n) is 10.6. The van der Waals surface area contributed by atoms with Gasteiger partial charge in [-0.05, 0) is 23.8 Å². The lowest BCUT2D eigenvalue weighted by atomic mass is 9.89. The largest absolute Gasteiger partial charge is 0.388 e. The van der Waals surface area contributed by atoms with Gasteiger partial charge in [0.25, 0.3) is 0 Å². The van der Waals surface area contributed by atoms with E-state index in [1.807, 2.05) is 12.1 Å². The van der Waals surface area contributed by atoms with Gasteiger partial charge < -0.3 is 10.8 Å². The van der Waals surface area contributed by atoms with E-state index in [-0.39, 0.29) is 12.5 Å². The second kappa shape index (κ2) is 6.79. The summed E-state index contributed by atoms with van der Waals surface area (Å²) in [6.45, 7) is 0.283. The highest BCUT2D eigenvalue weighted by molar-refractivity contribution is 6.42. The molecule has 20 heavy (non-hydrogen) atoms. The summed E-state index contributed by atoms with van der Waals surface area (Å²) in [5.41, 5.74) is 7.28. The molecule has 3 N–H and O–H groups in total. The number of benzene rings is 2. The molecule has 0 aliphatic carbocycles. The molecular formula is C15H14Cl3NO. The van der Waals surface area contributed by atoms with Crippen LogP contribution in [0.3, 0.4) is 0 Å². The number of nitrogens with two attached hydrogens (primary N) is 1. The number of rotatable bonds is 4. The maximum atomic E-state index is 10.6. The fourth-order valence-corrected chi connectivity index (χ4v) is 2.67. The second-order valence-corrected chi connectivity index (χ2v) is 5.70. The Morgan fingerprint density at radius 3 is 2.25 bits per heavy atom. The fourth-order valence-electron chi connectivity index (χ4n) is 2.12. The quantitative estimate of drug-likeness (QED) is 0.871. The van der Waals surface area contributed by atoms with Crippen molar-refractivity contribution in [3.8, 4) is 0 Å². The van der Waals surface area contributed by atoms with Gasteiger partial charge in [-0.2, -0.15) is 0 Å². The first-order chi connectivity index (χ1) is 9.54. The van der Waals surface area contributed by atoms with Crippen molar-refractivity contribution >= 4 is 34.8 Å². The molecule has 0 radical (unpaired) electrons. The fraction of sp³-hybridized carbons (Fsp3) is 0.200. The second-order valence-electron chi connectivity index (χ2n) is 4.48. The monoisotopic (exact) mass is 329 g/mol. The van der Waals surface area contributed by atoms with Crippen molar-refractivity contribution in [1.82, 2.24) is 0 Å². The van der Waals surface area contributed by atoms with Crippen LogP contribution in [0.5, 0.6) is 0 Å². The van der Waals surface area contributed by atoms with Crippen LogP contribution in [0.1, 0.15) is 23.1 Å². The first-order valence-electron chi connectivity index (χ1n) is 6.12. The summed E-state index contributed by atoms with van der Waals surface area (Å²) in [5, 5.41) is 12.0. The number of hydrogen-bond donors (Lipinski definition) is 2. The minimum atomic E-state index is -0.827. The molecule has 2 aromatic rings. The van der Waals surface area contributed by atoms with Gasteiger partial charge in [0.2, 0.25) is 0 Å². The van der Waals surface area contributed by atoms with Crippen LogP contribution >= 0.6 is 34.8 Å². The summed E-state index contributed by atoms with van der Waals surface area (Å²) in [5.74, 6) is -0.275. The summed E-state index contributed by atoms with van der Waals surface area (Å²) >= 11 is 18.0. The van der Waals surface area contributed by atoms with Crippen LogP contribution in [0.15, 0.2) is 42.5 Å². The zero-order chi connectivity index (χ0) is 14.7. The van der Waals surface area contributed by atoms with Crippen LogP contribution < -0.4 is 5.73 Å². The molecule has 0 aliphatic rings. The molecule has 0 aromatic heterocycles. The SMILES string of the molecule is NCC(c1ccc(Cl)cc1)C(O)c1cccc(Cl)c1Cl. The maximum absolute atomic E-state index is 10.6. The third-order valence-corrected chi connectivity index (χ3v) is 4.32. The molecule has 0 saturated heterocycles. The Morgan fingerprint density at radius 1 is 1.00 bits per heavy atom. The topological polar surface area (TPSA) is 46.2 Å². The number of hydrogen-bond acceptors (Lipinski definition) is 2. The van der Waals surface area contributed by atoms with Gasteiger partial charge in [-0.1, -0.05) is 59.1 Å². The standard InChI is InChI=1S/C15H14Cl3NO/c16-10-6-4-9(5-7-10)12(8-19)15(20)11-2-1-3-13(17)14(11)18/h1-7,12,15,20H,8,19H2. The van der Waals surface area contributed by atoms with Crippen molar-refractivity contribution < 1.29 is 5.11 Å². The van der Waals surface area contributed by atoms with Crippen LogP contribution in [0.4, 0.5) is 0 Å². The maximum Gasteiger partial charge on any atom is 0.0885 e. The van der Waals surface area contributed by atoms with Gasteiger partial charge in [-0.25, -0.2) is 0 Å². The Bertz CT molecular complexity index is 586. The molecule has 2 rings (SSSR count). The first-order valence-corrected chi connectivity index (χ1v) is 7.25. The molecule has 2 nitrogen and oxygen atoms in total. The Morgan fingerprint density at radius 2 is 1.65 bits per heavy atom. The third kappa shape index (κ3) is 3.27. The van der Waals surface area contributed by atoms with Gasteiger partial charge in [0.1, 0.15) is 0 Å². The molecule has 0 saturated carbocycles. The normalized spacial score (nSPS) is 14.1. The zero-order valence-corrected chi connectivity index (χ0v) is 12.8. The molecule has 5 heteroatoms. The average Bonchev–Trinajstić information content (AvgIpc) is 2.44. The van der Waals surface area contributed by atoms with E-state index in [0.29, 0.717) is 20.6 Å². The number of aliphatic hydroxyl groups is 1. The smallest absolute Gasteiger partial charge is 0.0885 e. The predicted octanol–water partition coefficient (Wildman–Crippen LogP) is 4.42. The van der Waals surface area contributed by atoms with Crippen molar-refractivity contribution in [3.05, 3.63) is 68.7 Å². The number of halogens is 3. The van der Waals surface area contributed by atoms with Crippen LogP contribution in [0.2, 0.25) is 15.1 Å². The molecule has 0 spiro atoms. The lowest BCUT2D eigenvalue weighted by Crippen LogP contribution is -2.20. The summed E-state index contributed by atoms with van der Waals surface area (Å²) in [6, 6.07) is 12.4. The lowest BCUT2D eigenvalue weighted by Gasteiger charge is -2.23. The van der Waals surface area contributed by atoms with E-state index in [1.165, 1.54) is 0 Å². The van der Waals surface area contributed by atoms with Crippen LogP contribution in [0, 0.1) is 0 Å². The van der Waals surface area contributed by atoms with E-state index in [9.17, 15) is 5.11 Å².